The van der Waals surface area contributed by atoms with Crippen LogP contribution in [0.2, 0.25) is 0 Å². The molecule has 2 aliphatic heterocycles. The molecule has 2 fully saturated rings. The Balaban J connectivity index is 2.07. The Morgan fingerprint density at radius 1 is 1.17 bits per heavy atom. The summed E-state index contributed by atoms with van der Waals surface area (Å²) in [5, 5.41) is 3.59. The van der Waals surface area contributed by atoms with Crippen LogP contribution >= 0.6 is 0 Å². The summed E-state index contributed by atoms with van der Waals surface area (Å²) in [6.07, 6.45) is 4.81. The maximum absolute atomic E-state index is 3.59. The van der Waals surface area contributed by atoms with E-state index in [1.165, 1.54) is 38.9 Å². The molecule has 0 aliphatic carbocycles. The predicted octanol–water partition coefficient (Wildman–Crippen LogP) is 2.14. The van der Waals surface area contributed by atoms with Crippen molar-refractivity contribution in [2.45, 2.75) is 59.2 Å². The Bertz CT molecular complexity index is 262. The molecular weight excluding hydrogens is 222 g/mol. The second-order valence-electron chi connectivity index (χ2n) is 7.12. The lowest BCUT2D eigenvalue weighted by Crippen LogP contribution is -2.55. The third kappa shape index (κ3) is 3.46. The van der Waals surface area contributed by atoms with Gasteiger partial charge in [-0.2, -0.15) is 0 Å². The van der Waals surface area contributed by atoms with E-state index in [0.29, 0.717) is 17.6 Å². The molecule has 0 bridgehead atoms. The minimum atomic E-state index is 0.399. The molecule has 0 aromatic carbocycles. The molecule has 2 aliphatic rings. The first-order valence-electron chi connectivity index (χ1n) is 7.70. The number of hydrogen-bond donors (Lipinski definition) is 1. The van der Waals surface area contributed by atoms with Crippen molar-refractivity contribution >= 4 is 0 Å². The fourth-order valence-electron chi connectivity index (χ4n) is 3.52. The number of nitrogens with zero attached hydrogens (tertiary/aromatic N) is 2. The average molecular weight is 253 g/mol. The average Bonchev–Trinajstić information content (AvgIpc) is 2.50. The zero-order chi connectivity index (χ0) is 13.2. The van der Waals surface area contributed by atoms with Crippen molar-refractivity contribution in [1.29, 1.82) is 0 Å². The van der Waals surface area contributed by atoms with Gasteiger partial charge in [-0.3, -0.25) is 9.80 Å². The molecule has 3 heteroatoms. The summed E-state index contributed by atoms with van der Waals surface area (Å²) in [5.74, 6) is 0. The molecule has 0 aromatic rings. The van der Waals surface area contributed by atoms with Crippen LogP contribution in [0.15, 0.2) is 0 Å². The topological polar surface area (TPSA) is 18.5 Å². The second-order valence-corrected chi connectivity index (χ2v) is 7.12. The van der Waals surface area contributed by atoms with E-state index in [9.17, 15) is 0 Å². The van der Waals surface area contributed by atoms with Crippen LogP contribution in [0.3, 0.4) is 0 Å². The number of nitrogens with one attached hydrogen (secondary N) is 1. The maximum Gasteiger partial charge on any atom is 0.0625 e. The van der Waals surface area contributed by atoms with Gasteiger partial charge in [-0.15, -0.1) is 0 Å². The third-order valence-corrected chi connectivity index (χ3v) is 4.41. The molecule has 2 saturated heterocycles. The molecule has 2 rings (SSSR count). The van der Waals surface area contributed by atoms with Gasteiger partial charge in [-0.05, 0) is 45.1 Å². The molecule has 2 heterocycles. The summed E-state index contributed by atoms with van der Waals surface area (Å²) in [6, 6.07) is 0.676. The van der Waals surface area contributed by atoms with Crippen molar-refractivity contribution < 1.29 is 0 Å². The molecule has 3 nitrogen and oxygen atoms in total. The second kappa shape index (κ2) is 5.89. The van der Waals surface area contributed by atoms with Gasteiger partial charge >= 0.3 is 0 Å². The highest BCUT2D eigenvalue weighted by Crippen LogP contribution is 2.26. The third-order valence-electron chi connectivity index (χ3n) is 4.41. The zero-order valence-electron chi connectivity index (χ0n) is 12.7. The summed E-state index contributed by atoms with van der Waals surface area (Å²) in [5.41, 5.74) is 0.399. The van der Waals surface area contributed by atoms with E-state index in [1.807, 2.05) is 0 Å². The van der Waals surface area contributed by atoms with Crippen LogP contribution in [0.5, 0.6) is 0 Å². The highest BCUT2D eigenvalue weighted by atomic mass is 15.4. The van der Waals surface area contributed by atoms with Crippen molar-refractivity contribution in [3.63, 3.8) is 0 Å². The number of rotatable bonds is 2. The smallest absolute Gasteiger partial charge is 0.0625 e. The molecule has 0 radical (unpaired) electrons. The molecule has 1 atom stereocenters. The van der Waals surface area contributed by atoms with Gasteiger partial charge in [0.15, 0.2) is 0 Å². The standard InChI is InChI=1S/C15H31N3/c1-13(2)18-9-6-5-7-14(18)17-10-8-16-11-15(3,4)12-17/h13-14,16H,5-12H2,1-4H3. The van der Waals surface area contributed by atoms with Gasteiger partial charge in [0.1, 0.15) is 0 Å². The van der Waals surface area contributed by atoms with Crippen LogP contribution in [-0.2, 0) is 0 Å². The molecule has 18 heavy (non-hydrogen) atoms. The maximum atomic E-state index is 3.59. The van der Waals surface area contributed by atoms with Gasteiger partial charge in [0.2, 0.25) is 0 Å². The van der Waals surface area contributed by atoms with E-state index in [-0.39, 0.29) is 0 Å². The lowest BCUT2D eigenvalue weighted by atomic mass is 9.92. The molecule has 1 unspecified atom stereocenters. The lowest BCUT2D eigenvalue weighted by Gasteiger charge is -2.46. The number of piperidine rings is 1. The van der Waals surface area contributed by atoms with Gasteiger partial charge in [-0.25, -0.2) is 0 Å². The fourth-order valence-corrected chi connectivity index (χ4v) is 3.52. The Labute approximate surface area is 113 Å². The molecule has 0 spiro atoms. The summed E-state index contributed by atoms with van der Waals surface area (Å²) >= 11 is 0. The van der Waals surface area contributed by atoms with E-state index in [2.05, 4.69) is 42.8 Å². The molecule has 1 N–H and O–H groups in total. The SMILES string of the molecule is CC(C)N1CCCCC1N1CCNCC(C)(C)C1. The minimum absolute atomic E-state index is 0.399. The summed E-state index contributed by atoms with van der Waals surface area (Å²) in [6.45, 7) is 15.5. The van der Waals surface area contributed by atoms with Crippen molar-refractivity contribution in [1.82, 2.24) is 15.1 Å². The Kier molecular flexibility index (Phi) is 4.68. The number of likely N-dealkylation sites (tertiary alicyclic amines) is 1. The lowest BCUT2D eigenvalue weighted by molar-refractivity contribution is -0.0158. The van der Waals surface area contributed by atoms with Crippen LogP contribution in [0, 0.1) is 5.41 Å². The molecule has 0 saturated carbocycles. The van der Waals surface area contributed by atoms with Crippen molar-refractivity contribution in [2.24, 2.45) is 5.41 Å². The van der Waals surface area contributed by atoms with Crippen LogP contribution in [0.25, 0.3) is 0 Å². The van der Waals surface area contributed by atoms with Crippen LogP contribution in [0.4, 0.5) is 0 Å². The molecule has 0 amide bonds. The first-order chi connectivity index (χ1) is 8.49. The predicted molar refractivity (Wildman–Crippen MR) is 77.7 cm³/mol. The van der Waals surface area contributed by atoms with Gasteiger partial charge in [-0.1, -0.05) is 13.8 Å². The minimum Gasteiger partial charge on any atom is -0.315 e. The Morgan fingerprint density at radius 3 is 2.67 bits per heavy atom. The first kappa shape index (κ1) is 14.3. The van der Waals surface area contributed by atoms with Gasteiger partial charge in [0, 0.05) is 32.2 Å². The van der Waals surface area contributed by atoms with Gasteiger partial charge in [0.25, 0.3) is 0 Å². The van der Waals surface area contributed by atoms with Crippen LogP contribution in [0.1, 0.15) is 47.0 Å². The monoisotopic (exact) mass is 253 g/mol. The van der Waals surface area contributed by atoms with E-state index in [4.69, 9.17) is 0 Å². The van der Waals surface area contributed by atoms with Crippen molar-refractivity contribution in [2.75, 3.05) is 32.7 Å². The van der Waals surface area contributed by atoms with E-state index in [0.717, 1.165) is 13.1 Å². The summed E-state index contributed by atoms with van der Waals surface area (Å²) in [7, 11) is 0. The van der Waals surface area contributed by atoms with Crippen LogP contribution < -0.4 is 5.32 Å². The molecular formula is C15H31N3. The van der Waals surface area contributed by atoms with Gasteiger partial charge in [0.05, 0.1) is 6.17 Å². The quantitative estimate of drug-likeness (QED) is 0.813. The Morgan fingerprint density at radius 2 is 1.94 bits per heavy atom. The Hall–Kier alpha value is -0.120. The van der Waals surface area contributed by atoms with Crippen LogP contribution in [-0.4, -0.2) is 54.7 Å². The van der Waals surface area contributed by atoms with E-state index in [1.54, 1.807) is 0 Å². The van der Waals surface area contributed by atoms with Crippen molar-refractivity contribution in [3.05, 3.63) is 0 Å². The molecule has 106 valence electrons. The normalized spacial score (nSPS) is 31.5. The fraction of sp³-hybridized carbons (Fsp3) is 1.00. The van der Waals surface area contributed by atoms with E-state index < -0.39 is 0 Å². The van der Waals surface area contributed by atoms with Crippen molar-refractivity contribution in [3.8, 4) is 0 Å². The highest BCUT2D eigenvalue weighted by molar-refractivity contribution is 4.87. The summed E-state index contributed by atoms with van der Waals surface area (Å²) < 4.78 is 0. The largest absolute Gasteiger partial charge is 0.315 e. The zero-order valence-corrected chi connectivity index (χ0v) is 12.7. The van der Waals surface area contributed by atoms with E-state index >= 15 is 0 Å². The highest BCUT2D eigenvalue weighted by Gasteiger charge is 2.33. The molecule has 0 aromatic heterocycles. The number of hydrogen-bond acceptors (Lipinski definition) is 3. The van der Waals surface area contributed by atoms with Gasteiger partial charge < -0.3 is 5.32 Å². The summed E-state index contributed by atoms with van der Waals surface area (Å²) in [4.78, 5) is 5.45. The first-order valence-corrected chi connectivity index (χ1v) is 7.70.